The minimum absolute atomic E-state index is 0.550. The first kappa shape index (κ1) is 13.2. The molecule has 0 aromatic rings. The van der Waals surface area contributed by atoms with Gasteiger partial charge in [0.2, 0.25) is 0 Å². The second-order valence-electron chi connectivity index (χ2n) is 4.36. The summed E-state index contributed by atoms with van der Waals surface area (Å²) < 4.78 is 10.6. The molecule has 2 fully saturated rings. The SMILES string of the molecule is CN/C(=C\C(=N)N1CCOCC1)N1CCOCC1. The molecule has 2 N–H and O–H groups in total. The molecule has 0 bridgehead atoms. The van der Waals surface area contributed by atoms with Crippen LogP contribution in [0.15, 0.2) is 11.9 Å². The fourth-order valence-corrected chi connectivity index (χ4v) is 2.15. The zero-order valence-electron chi connectivity index (χ0n) is 10.9. The molecular formula is C12H22N4O2. The van der Waals surface area contributed by atoms with E-state index in [9.17, 15) is 0 Å². The van der Waals surface area contributed by atoms with Crippen molar-refractivity contribution in [2.45, 2.75) is 0 Å². The van der Waals surface area contributed by atoms with Crippen molar-refractivity contribution in [3.8, 4) is 0 Å². The average molecular weight is 254 g/mol. The molecule has 6 heteroatoms. The Kier molecular flexibility index (Phi) is 4.83. The van der Waals surface area contributed by atoms with Crippen LogP contribution >= 0.6 is 0 Å². The summed E-state index contributed by atoms with van der Waals surface area (Å²) in [5.41, 5.74) is 0. The van der Waals surface area contributed by atoms with Crippen molar-refractivity contribution in [3.63, 3.8) is 0 Å². The van der Waals surface area contributed by atoms with Gasteiger partial charge in [-0.05, 0) is 0 Å². The fourth-order valence-electron chi connectivity index (χ4n) is 2.15. The summed E-state index contributed by atoms with van der Waals surface area (Å²) in [5, 5.41) is 11.3. The Labute approximate surface area is 108 Å². The topological polar surface area (TPSA) is 60.8 Å². The molecule has 2 aliphatic rings. The van der Waals surface area contributed by atoms with Crippen molar-refractivity contribution < 1.29 is 9.47 Å². The molecule has 18 heavy (non-hydrogen) atoms. The van der Waals surface area contributed by atoms with Gasteiger partial charge in [0, 0.05) is 39.3 Å². The Bertz CT molecular complexity index is 307. The summed E-state index contributed by atoms with van der Waals surface area (Å²) >= 11 is 0. The van der Waals surface area contributed by atoms with Crippen LogP contribution in [0.25, 0.3) is 0 Å². The fraction of sp³-hybridized carbons (Fsp3) is 0.750. The molecule has 0 aromatic heterocycles. The third kappa shape index (κ3) is 3.36. The molecular weight excluding hydrogens is 232 g/mol. The molecule has 0 atom stereocenters. The Morgan fingerprint density at radius 1 is 1.00 bits per heavy atom. The zero-order valence-corrected chi connectivity index (χ0v) is 10.9. The molecule has 2 aliphatic heterocycles. The van der Waals surface area contributed by atoms with Crippen LogP contribution in [0.4, 0.5) is 0 Å². The minimum atomic E-state index is 0.550. The number of nitrogens with one attached hydrogen (secondary N) is 2. The van der Waals surface area contributed by atoms with Crippen LogP contribution in [0.5, 0.6) is 0 Å². The molecule has 0 aromatic carbocycles. The first-order valence-corrected chi connectivity index (χ1v) is 6.44. The van der Waals surface area contributed by atoms with E-state index in [1.165, 1.54) is 0 Å². The molecule has 0 amide bonds. The summed E-state index contributed by atoms with van der Waals surface area (Å²) in [6.45, 7) is 6.29. The van der Waals surface area contributed by atoms with Crippen molar-refractivity contribution in [1.82, 2.24) is 15.1 Å². The van der Waals surface area contributed by atoms with Crippen molar-refractivity contribution in [3.05, 3.63) is 11.9 Å². The number of morpholine rings is 2. The van der Waals surface area contributed by atoms with Crippen molar-refractivity contribution in [2.75, 3.05) is 59.7 Å². The van der Waals surface area contributed by atoms with Crippen LogP contribution in [0.1, 0.15) is 0 Å². The summed E-state index contributed by atoms with van der Waals surface area (Å²) in [4.78, 5) is 4.26. The molecule has 6 nitrogen and oxygen atoms in total. The molecule has 0 unspecified atom stereocenters. The second kappa shape index (κ2) is 6.61. The molecule has 2 heterocycles. The predicted octanol–water partition coefficient (Wildman–Crippen LogP) is -0.311. The number of rotatable bonds is 3. The lowest BCUT2D eigenvalue weighted by atomic mass is 10.3. The monoisotopic (exact) mass is 254 g/mol. The van der Waals surface area contributed by atoms with Gasteiger partial charge in [0.1, 0.15) is 11.7 Å². The van der Waals surface area contributed by atoms with Crippen LogP contribution in [0, 0.1) is 5.41 Å². The number of ether oxygens (including phenoxy) is 2. The lowest BCUT2D eigenvalue weighted by Crippen LogP contribution is -2.42. The highest BCUT2D eigenvalue weighted by Gasteiger charge is 2.16. The maximum Gasteiger partial charge on any atom is 0.124 e. The van der Waals surface area contributed by atoms with E-state index in [0.29, 0.717) is 19.0 Å². The molecule has 102 valence electrons. The van der Waals surface area contributed by atoms with Crippen LogP contribution in [0.2, 0.25) is 0 Å². The van der Waals surface area contributed by atoms with Gasteiger partial charge >= 0.3 is 0 Å². The van der Waals surface area contributed by atoms with Crippen molar-refractivity contribution in [1.29, 1.82) is 5.41 Å². The van der Waals surface area contributed by atoms with Gasteiger partial charge in [-0.3, -0.25) is 5.41 Å². The third-order valence-corrected chi connectivity index (χ3v) is 3.23. The average Bonchev–Trinajstić information content (AvgIpc) is 2.46. The van der Waals surface area contributed by atoms with Crippen LogP contribution < -0.4 is 5.32 Å². The lowest BCUT2D eigenvalue weighted by molar-refractivity contribution is 0.0507. The van der Waals surface area contributed by atoms with Gasteiger partial charge in [-0.15, -0.1) is 0 Å². The summed E-state index contributed by atoms with van der Waals surface area (Å²) in [6.07, 6.45) is 1.90. The number of amidine groups is 1. The second-order valence-corrected chi connectivity index (χ2v) is 4.36. The predicted molar refractivity (Wildman–Crippen MR) is 69.7 cm³/mol. The maximum atomic E-state index is 8.13. The summed E-state index contributed by atoms with van der Waals surface area (Å²) in [5.74, 6) is 1.55. The van der Waals surface area contributed by atoms with Gasteiger partial charge in [-0.2, -0.15) is 0 Å². The number of hydrogen-bond acceptors (Lipinski definition) is 5. The standard InChI is InChI=1S/C12H22N4O2/c1-14-12(16-4-8-18-9-5-16)10-11(13)15-2-6-17-7-3-15/h10,13-14H,2-9H2,1H3/b12-10+,13-11?. The Balaban J connectivity index is 1.96. The normalized spacial score (nSPS) is 21.9. The van der Waals surface area contributed by atoms with Gasteiger partial charge in [0.15, 0.2) is 0 Å². The van der Waals surface area contributed by atoms with E-state index in [2.05, 4.69) is 10.2 Å². The highest BCUT2D eigenvalue weighted by molar-refractivity contribution is 5.90. The van der Waals surface area contributed by atoms with E-state index in [4.69, 9.17) is 14.9 Å². The zero-order chi connectivity index (χ0) is 12.8. The van der Waals surface area contributed by atoms with Gasteiger partial charge < -0.3 is 24.6 Å². The smallest absolute Gasteiger partial charge is 0.124 e. The van der Waals surface area contributed by atoms with Crippen LogP contribution in [0.3, 0.4) is 0 Å². The largest absolute Gasteiger partial charge is 0.378 e. The van der Waals surface area contributed by atoms with E-state index in [1.54, 1.807) is 0 Å². The molecule has 0 aliphatic carbocycles. The number of nitrogens with zero attached hydrogens (tertiary/aromatic N) is 2. The first-order chi connectivity index (χ1) is 8.81. The van der Waals surface area contributed by atoms with Gasteiger partial charge in [0.25, 0.3) is 0 Å². The van der Waals surface area contributed by atoms with Gasteiger partial charge in [0.05, 0.1) is 26.4 Å². The quantitative estimate of drug-likeness (QED) is 0.534. The highest BCUT2D eigenvalue weighted by Crippen LogP contribution is 2.07. The van der Waals surface area contributed by atoms with Crippen LogP contribution in [-0.4, -0.2) is 75.3 Å². The summed E-state index contributed by atoms with van der Waals surface area (Å²) in [7, 11) is 1.90. The highest BCUT2D eigenvalue weighted by atomic mass is 16.5. The first-order valence-electron chi connectivity index (χ1n) is 6.44. The van der Waals surface area contributed by atoms with E-state index in [0.717, 1.165) is 45.2 Å². The molecule has 0 radical (unpaired) electrons. The maximum absolute atomic E-state index is 8.13. The van der Waals surface area contributed by atoms with Crippen molar-refractivity contribution in [2.24, 2.45) is 0 Å². The summed E-state index contributed by atoms with van der Waals surface area (Å²) in [6, 6.07) is 0. The van der Waals surface area contributed by atoms with Crippen LogP contribution in [-0.2, 0) is 9.47 Å². The molecule has 0 spiro atoms. The third-order valence-electron chi connectivity index (χ3n) is 3.23. The molecule has 2 rings (SSSR count). The van der Waals surface area contributed by atoms with Gasteiger partial charge in [-0.1, -0.05) is 0 Å². The van der Waals surface area contributed by atoms with E-state index >= 15 is 0 Å². The lowest BCUT2D eigenvalue weighted by Gasteiger charge is -2.32. The molecule has 0 saturated carbocycles. The molecule has 2 saturated heterocycles. The Morgan fingerprint density at radius 2 is 1.50 bits per heavy atom. The van der Waals surface area contributed by atoms with Gasteiger partial charge in [-0.25, -0.2) is 0 Å². The van der Waals surface area contributed by atoms with Crippen molar-refractivity contribution >= 4 is 5.84 Å². The van der Waals surface area contributed by atoms with E-state index in [1.807, 2.05) is 18.0 Å². The number of hydrogen-bond donors (Lipinski definition) is 2. The minimum Gasteiger partial charge on any atom is -0.378 e. The van der Waals surface area contributed by atoms with E-state index in [-0.39, 0.29) is 0 Å². The Hall–Kier alpha value is -1.27. The van der Waals surface area contributed by atoms with E-state index < -0.39 is 0 Å². The Morgan fingerprint density at radius 3 is 2.00 bits per heavy atom.